The highest BCUT2D eigenvalue weighted by molar-refractivity contribution is 5.68. The molecular formula is C13H8N4O3. The van der Waals surface area contributed by atoms with Crippen LogP contribution < -0.4 is 0 Å². The van der Waals surface area contributed by atoms with E-state index in [0.717, 1.165) is 5.56 Å². The first-order valence-corrected chi connectivity index (χ1v) is 5.73. The van der Waals surface area contributed by atoms with Gasteiger partial charge in [-0.3, -0.25) is 15.1 Å². The van der Waals surface area contributed by atoms with Gasteiger partial charge in [0.1, 0.15) is 5.56 Å². The molecular weight excluding hydrogens is 260 g/mol. The van der Waals surface area contributed by atoms with Crippen LogP contribution in [0.15, 0.2) is 53.3 Å². The van der Waals surface area contributed by atoms with E-state index in [1.54, 1.807) is 42.7 Å². The summed E-state index contributed by atoms with van der Waals surface area (Å²) in [5, 5.41) is 14.8. The van der Waals surface area contributed by atoms with E-state index in [0.29, 0.717) is 11.4 Å². The predicted molar refractivity (Wildman–Crippen MR) is 69.6 cm³/mol. The van der Waals surface area contributed by atoms with Crippen LogP contribution in [-0.2, 0) is 0 Å². The molecule has 0 aliphatic heterocycles. The van der Waals surface area contributed by atoms with Crippen molar-refractivity contribution in [1.29, 1.82) is 0 Å². The Morgan fingerprint density at radius 1 is 1.10 bits per heavy atom. The number of hydrogen-bond donors (Lipinski definition) is 0. The zero-order chi connectivity index (χ0) is 13.9. The molecule has 20 heavy (non-hydrogen) atoms. The van der Waals surface area contributed by atoms with E-state index in [4.69, 9.17) is 4.52 Å². The summed E-state index contributed by atoms with van der Waals surface area (Å²) in [6.45, 7) is 0. The van der Waals surface area contributed by atoms with Crippen LogP contribution in [0.3, 0.4) is 0 Å². The molecule has 0 saturated heterocycles. The molecule has 0 aliphatic carbocycles. The minimum Gasteiger partial charge on any atom is -0.333 e. The maximum absolute atomic E-state index is 11.0. The van der Waals surface area contributed by atoms with Gasteiger partial charge in [-0.1, -0.05) is 17.3 Å². The molecule has 0 spiro atoms. The van der Waals surface area contributed by atoms with Gasteiger partial charge in [0, 0.05) is 24.0 Å². The predicted octanol–water partition coefficient (Wildman–Crippen LogP) is 2.71. The summed E-state index contributed by atoms with van der Waals surface area (Å²) < 4.78 is 5.11. The smallest absolute Gasteiger partial charge is 0.282 e. The first-order chi connectivity index (χ1) is 9.75. The summed E-state index contributed by atoms with van der Waals surface area (Å²) >= 11 is 0. The van der Waals surface area contributed by atoms with E-state index in [9.17, 15) is 10.1 Å². The van der Waals surface area contributed by atoms with Gasteiger partial charge >= 0.3 is 0 Å². The van der Waals surface area contributed by atoms with Crippen LogP contribution >= 0.6 is 0 Å². The Morgan fingerprint density at radius 2 is 1.85 bits per heavy atom. The third-order valence-corrected chi connectivity index (χ3v) is 2.70. The minimum atomic E-state index is -0.481. The maximum atomic E-state index is 11.0. The highest BCUT2D eigenvalue weighted by Gasteiger charge is 2.20. The molecule has 7 heteroatoms. The monoisotopic (exact) mass is 268 g/mol. The van der Waals surface area contributed by atoms with Crippen molar-refractivity contribution in [2.24, 2.45) is 0 Å². The number of benzene rings is 1. The molecule has 0 N–H and O–H groups in total. The first kappa shape index (κ1) is 12.0. The van der Waals surface area contributed by atoms with Gasteiger partial charge in [0.15, 0.2) is 0 Å². The quantitative estimate of drug-likeness (QED) is 0.535. The SMILES string of the molecule is O=[N+]([O-])c1ccccc1-c1nc(-c2ccncc2)no1. The van der Waals surface area contributed by atoms with Gasteiger partial charge in [-0.05, 0) is 18.2 Å². The topological polar surface area (TPSA) is 95.0 Å². The molecule has 0 fully saturated rings. The lowest BCUT2D eigenvalue weighted by Gasteiger charge is -1.96. The van der Waals surface area contributed by atoms with Gasteiger partial charge < -0.3 is 4.52 Å². The lowest BCUT2D eigenvalue weighted by atomic mass is 10.2. The van der Waals surface area contributed by atoms with Crippen molar-refractivity contribution in [1.82, 2.24) is 15.1 Å². The van der Waals surface area contributed by atoms with E-state index < -0.39 is 4.92 Å². The van der Waals surface area contributed by atoms with Crippen molar-refractivity contribution in [2.75, 3.05) is 0 Å². The molecule has 1 aromatic carbocycles. The van der Waals surface area contributed by atoms with Crippen molar-refractivity contribution in [2.45, 2.75) is 0 Å². The van der Waals surface area contributed by atoms with E-state index in [2.05, 4.69) is 15.1 Å². The molecule has 0 amide bonds. The molecule has 0 aliphatic rings. The summed E-state index contributed by atoms with van der Waals surface area (Å²) in [5.41, 5.74) is 0.955. The Morgan fingerprint density at radius 3 is 2.60 bits per heavy atom. The fraction of sp³-hybridized carbons (Fsp3) is 0. The molecule has 0 radical (unpaired) electrons. The normalized spacial score (nSPS) is 10.4. The fourth-order valence-electron chi connectivity index (χ4n) is 1.76. The van der Waals surface area contributed by atoms with E-state index in [1.807, 2.05) is 0 Å². The average Bonchev–Trinajstić information content (AvgIpc) is 2.98. The summed E-state index contributed by atoms with van der Waals surface area (Å²) in [6, 6.07) is 9.69. The summed E-state index contributed by atoms with van der Waals surface area (Å²) in [6.07, 6.45) is 3.21. The standard InChI is InChI=1S/C13H8N4O3/c18-17(19)11-4-2-1-3-10(11)13-15-12(16-20-13)9-5-7-14-8-6-9/h1-8H. The molecule has 3 aromatic rings. The summed E-state index contributed by atoms with van der Waals surface area (Å²) in [7, 11) is 0. The van der Waals surface area contributed by atoms with Crippen LogP contribution in [0.4, 0.5) is 5.69 Å². The minimum absolute atomic E-state index is 0.0718. The van der Waals surface area contributed by atoms with Gasteiger partial charge in [0.05, 0.1) is 4.92 Å². The van der Waals surface area contributed by atoms with Crippen LogP contribution in [0.25, 0.3) is 22.8 Å². The van der Waals surface area contributed by atoms with Crippen molar-refractivity contribution in [3.8, 4) is 22.8 Å². The Labute approximate surface area is 113 Å². The van der Waals surface area contributed by atoms with Gasteiger partial charge in [-0.2, -0.15) is 4.98 Å². The summed E-state index contributed by atoms with van der Waals surface area (Å²) in [4.78, 5) is 18.6. The number of pyridine rings is 1. The van der Waals surface area contributed by atoms with Crippen molar-refractivity contribution in [3.63, 3.8) is 0 Å². The van der Waals surface area contributed by atoms with Crippen LogP contribution in [0.1, 0.15) is 0 Å². The second-order valence-corrected chi connectivity index (χ2v) is 3.93. The highest BCUT2D eigenvalue weighted by Crippen LogP contribution is 2.29. The molecule has 7 nitrogen and oxygen atoms in total. The molecule has 0 unspecified atom stereocenters. The molecule has 0 atom stereocenters. The lowest BCUT2D eigenvalue weighted by Crippen LogP contribution is -1.91. The van der Waals surface area contributed by atoms with Crippen LogP contribution in [0.2, 0.25) is 0 Å². The molecule has 98 valence electrons. The number of aromatic nitrogens is 3. The summed E-state index contributed by atoms with van der Waals surface area (Å²) in [5.74, 6) is 0.477. The van der Waals surface area contributed by atoms with Crippen LogP contribution in [0, 0.1) is 10.1 Å². The Kier molecular flexibility index (Phi) is 2.92. The Balaban J connectivity index is 2.05. The molecule has 0 bridgehead atoms. The zero-order valence-corrected chi connectivity index (χ0v) is 10.1. The van der Waals surface area contributed by atoms with Crippen LogP contribution in [0.5, 0.6) is 0 Å². The Hall–Kier alpha value is -3.09. The second-order valence-electron chi connectivity index (χ2n) is 3.93. The van der Waals surface area contributed by atoms with Gasteiger partial charge in [0.25, 0.3) is 11.6 Å². The van der Waals surface area contributed by atoms with Crippen LogP contribution in [-0.4, -0.2) is 20.0 Å². The maximum Gasteiger partial charge on any atom is 0.282 e. The lowest BCUT2D eigenvalue weighted by molar-refractivity contribution is -0.384. The Bertz CT molecular complexity index is 755. The fourth-order valence-corrected chi connectivity index (χ4v) is 1.76. The number of nitro benzene ring substituents is 1. The van der Waals surface area contributed by atoms with Gasteiger partial charge in [0.2, 0.25) is 5.82 Å². The first-order valence-electron chi connectivity index (χ1n) is 5.73. The zero-order valence-electron chi connectivity index (χ0n) is 10.1. The largest absolute Gasteiger partial charge is 0.333 e. The number of rotatable bonds is 3. The highest BCUT2D eigenvalue weighted by atomic mass is 16.6. The average molecular weight is 268 g/mol. The second kappa shape index (κ2) is 4.88. The number of nitro groups is 1. The molecule has 0 saturated carbocycles. The third kappa shape index (κ3) is 2.12. The van der Waals surface area contributed by atoms with Gasteiger partial charge in [-0.25, -0.2) is 0 Å². The van der Waals surface area contributed by atoms with Crippen molar-refractivity contribution in [3.05, 3.63) is 58.9 Å². The van der Waals surface area contributed by atoms with E-state index in [1.165, 1.54) is 6.07 Å². The number of para-hydroxylation sites is 1. The number of nitrogens with zero attached hydrogens (tertiary/aromatic N) is 4. The molecule has 2 heterocycles. The molecule has 2 aromatic heterocycles. The third-order valence-electron chi connectivity index (χ3n) is 2.70. The van der Waals surface area contributed by atoms with E-state index >= 15 is 0 Å². The van der Waals surface area contributed by atoms with Crippen molar-refractivity contribution >= 4 is 5.69 Å². The molecule has 3 rings (SSSR count). The number of hydrogen-bond acceptors (Lipinski definition) is 6. The van der Waals surface area contributed by atoms with Crippen molar-refractivity contribution < 1.29 is 9.45 Å². The van der Waals surface area contributed by atoms with Gasteiger partial charge in [-0.15, -0.1) is 0 Å². The van der Waals surface area contributed by atoms with E-state index in [-0.39, 0.29) is 11.6 Å².